The van der Waals surface area contributed by atoms with E-state index in [-0.39, 0.29) is 0 Å². The maximum atomic E-state index is 4.38. The Bertz CT molecular complexity index is 372. The van der Waals surface area contributed by atoms with Gasteiger partial charge in [-0.15, -0.1) is 0 Å². The molecular weight excluding hydrogens is 236 g/mol. The monoisotopic (exact) mass is 264 g/mol. The summed E-state index contributed by atoms with van der Waals surface area (Å²) >= 11 is 0. The van der Waals surface area contributed by atoms with Crippen LogP contribution in [-0.2, 0) is 13.5 Å². The Balaban J connectivity index is 1.87. The Hall–Kier alpha value is -0.900. The van der Waals surface area contributed by atoms with Crippen molar-refractivity contribution in [2.24, 2.45) is 24.8 Å². The predicted octanol–water partition coefficient (Wildman–Crippen LogP) is 2.41. The third-order valence-corrected chi connectivity index (χ3v) is 4.28. The second kappa shape index (κ2) is 7.04. The van der Waals surface area contributed by atoms with E-state index < -0.39 is 0 Å². The molecule has 1 aromatic rings. The molecule has 1 aromatic heterocycles. The smallest absolute Gasteiger partial charge is 0.138 e. The van der Waals surface area contributed by atoms with E-state index >= 15 is 0 Å². The lowest BCUT2D eigenvalue weighted by atomic mass is 9.77. The van der Waals surface area contributed by atoms with Crippen LogP contribution in [0.4, 0.5) is 0 Å². The van der Waals surface area contributed by atoms with Crippen LogP contribution < -0.4 is 5.32 Å². The lowest BCUT2D eigenvalue weighted by molar-refractivity contribution is 0.222. The zero-order valence-electron chi connectivity index (χ0n) is 12.6. The third-order valence-electron chi connectivity index (χ3n) is 4.28. The fourth-order valence-electron chi connectivity index (χ4n) is 3.12. The van der Waals surface area contributed by atoms with E-state index in [1.165, 1.54) is 32.2 Å². The summed E-state index contributed by atoms with van der Waals surface area (Å²) in [4.78, 5) is 4.38. The largest absolute Gasteiger partial charge is 0.316 e. The lowest BCUT2D eigenvalue weighted by Gasteiger charge is -2.31. The summed E-state index contributed by atoms with van der Waals surface area (Å²) in [6, 6.07) is 0. The molecule has 1 saturated carbocycles. The standard InChI is InChI=1S/C15H28N4/c1-12(2)9-16-10-14-7-5-4-6-13(14)8-15-17-11-18-19(15)3/h11-14,16H,4-10H2,1-3H3. The van der Waals surface area contributed by atoms with Crippen molar-refractivity contribution in [1.82, 2.24) is 20.1 Å². The van der Waals surface area contributed by atoms with Crippen molar-refractivity contribution in [1.29, 1.82) is 0 Å². The molecule has 1 aliphatic rings. The highest BCUT2D eigenvalue weighted by Crippen LogP contribution is 2.31. The number of aryl methyl sites for hydroxylation is 1. The highest BCUT2D eigenvalue weighted by Gasteiger charge is 2.26. The Morgan fingerprint density at radius 3 is 2.68 bits per heavy atom. The summed E-state index contributed by atoms with van der Waals surface area (Å²) in [6.07, 6.45) is 8.25. The van der Waals surface area contributed by atoms with Gasteiger partial charge >= 0.3 is 0 Å². The molecule has 0 bridgehead atoms. The number of rotatable bonds is 6. The molecule has 1 heterocycles. The van der Waals surface area contributed by atoms with Gasteiger partial charge < -0.3 is 5.32 Å². The van der Waals surface area contributed by atoms with Crippen LogP contribution >= 0.6 is 0 Å². The van der Waals surface area contributed by atoms with Crippen LogP contribution in [0, 0.1) is 17.8 Å². The summed E-state index contributed by atoms with van der Waals surface area (Å²) in [7, 11) is 2.00. The van der Waals surface area contributed by atoms with Crippen molar-refractivity contribution in [3.05, 3.63) is 12.2 Å². The number of aromatic nitrogens is 3. The van der Waals surface area contributed by atoms with Gasteiger partial charge in [0.05, 0.1) is 0 Å². The van der Waals surface area contributed by atoms with Crippen LogP contribution in [0.25, 0.3) is 0 Å². The van der Waals surface area contributed by atoms with Gasteiger partial charge in [-0.2, -0.15) is 5.10 Å². The highest BCUT2D eigenvalue weighted by molar-refractivity contribution is 4.90. The van der Waals surface area contributed by atoms with Crippen molar-refractivity contribution in [2.45, 2.75) is 46.0 Å². The zero-order valence-corrected chi connectivity index (χ0v) is 12.6. The molecule has 108 valence electrons. The zero-order chi connectivity index (χ0) is 13.7. The second-order valence-electron chi connectivity index (χ2n) is 6.36. The summed E-state index contributed by atoms with van der Waals surface area (Å²) < 4.78 is 1.92. The predicted molar refractivity (Wildman–Crippen MR) is 77.9 cm³/mol. The summed E-state index contributed by atoms with van der Waals surface area (Å²) in [5.74, 6) is 3.46. The van der Waals surface area contributed by atoms with Crippen LogP contribution in [0.3, 0.4) is 0 Å². The van der Waals surface area contributed by atoms with Gasteiger partial charge in [-0.25, -0.2) is 4.98 Å². The van der Waals surface area contributed by atoms with E-state index in [4.69, 9.17) is 0 Å². The molecule has 0 amide bonds. The molecule has 0 aliphatic heterocycles. The number of nitrogens with one attached hydrogen (secondary N) is 1. The second-order valence-corrected chi connectivity index (χ2v) is 6.36. The molecule has 1 aliphatic carbocycles. The topological polar surface area (TPSA) is 42.7 Å². The van der Waals surface area contributed by atoms with E-state index in [1.807, 2.05) is 11.7 Å². The molecule has 19 heavy (non-hydrogen) atoms. The molecule has 2 unspecified atom stereocenters. The van der Waals surface area contributed by atoms with Gasteiger partial charge in [0.25, 0.3) is 0 Å². The van der Waals surface area contributed by atoms with Crippen LogP contribution in [0.1, 0.15) is 45.4 Å². The van der Waals surface area contributed by atoms with Crippen molar-refractivity contribution < 1.29 is 0 Å². The SMILES string of the molecule is CC(C)CNCC1CCCCC1Cc1ncnn1C. The molecule has 0 saturated heterocycles. The molecule has 0 radical (unpaired) electrons. The van der Waals surface area contributed by atoms with Gasteiger partial charge in [0, 0.05) is 13.5 Å². The first kappa shape index (κ1) is 14.5. The Morgan fingerprint density at radius 2 is 2.05 bits per heavy atom. The first-order chi connectivity index (χ1) is 9.16. The normalized spacial score (nSPS) is 24.0. The van der Waals surface area contributed by atoms with Gasteiger partial charge in [0.2, 0.25) is 0 Å². The molecule has 4 heteroatoms. The first-order valence-electron chi connectivity index (χ1n) is 7.70. The quantitative estimate of drug-likeness (QED) is 0.858. The van der Waals surface area contributed by atoms with Gasteiger partial charge in [0.1, 0.15) is 12.2 Å². The van der Waals surface area contributed by atoms with Crippen LogP contribution in [0.15, 0.2) is 6.33 Å². The van der Waals surface area contributed by atoms with E-state index in [0.29, 0.717) is 0 Å². The van der Waals surface area contributed by atoms with Crippen LogP contribution in [0.5, 0.6) is 0 Å². The van der Waals surface area contributed by atoms with Crippen molar-refractivity contribution in [3.63, 3.8) is 0 Å². The van der Waals surface area contributed by atoms with E-state index in [0.717, 1.165) is 36.5 Å². The molecule has 4 nitrogen and oxygen atoms in total. The molecule has 2 rings (SSSR count). The minimum absolute atomic E-state index is 0.737. The molecule has 1 fully saturated rings. The van der Waals surface area contributed by atoms with E-state index in [1.54, 1.807) is 6.33 Å². The van der Waals surface area contributed by atoms with Gasteiger partial charge in [0.15, 0.2) is 0 Å². The number of nitrogens with zero attached hydrogens (tertiary/aromatic N) is 3. The van der Waals surface area contributed by atoms with Crippen molar-refractivity contribution in [2.75, 3.05) is 13.1 Å². The van der Waals surface area contributed by atoms with Crippen molar-refractivity contribution >= 4 is 0 Å². The molecule has 0 spiro atoms. The van der Waals surface area contributed by atoms with Gasteiger partial charge in [-0.3, -0.25) is 4.68 Å². The van der Waals surface area contributed by atoms with E-state index in [2.05, 4.69) is 29.2 Å². The fourth-order valence-corrected chi connectivity index (χ4v) is 3.12. The fraction of sp³-hybridized carbons (Fsp3) is 0.867. The number of hydrogen-bond acceptors (Lipinski definition) is 3. The van der Waals surface area contributed by atoms with E-state index in [9.17, 15) is 0 Å². The average molecular weight is 264 g/mol. The maximum Gasteiger partial charge on any atom is 0.138 e. The summed E-state index contributed by atoms with van der Waals surface area (Å²) in [5, 5.41) is 7.82. The molecule has 0 aromatic carbocycles. The minimum Gasteiger partial charge on any atom is -0.316 e. The van der Waals surface area contributed by atoms with Gasteiger partial charge in [-0.05, 0) is 43.7 Å². The number of hydrogen-bond donors (Lipinski definition) is 1. The Morgan fingerprint density at radius 1 is 1.32 bits per heavy atom. The highest BCUT2D eigenvalue weighted by atomic mass is 15.3. The minimum atomic E-state index is 0.737. The Labute approximate surface area is 117 Å². The van der Waals surface area contributed by atoms with Gasteiger partial charge in [-0.1, -0.05) is 26.7 Å². The molecule has 2 atom stereocenters. The van der Waals surface area contributed by atoms with Crippen LogP contribution in [0.2, 0.25) is 0 Å². The molecular formula is C15H28N4. The lowest BCUT2D eigenvalue weighted by Crippen LogP contribution is -2.33. The first-order valence-corrected chi connectivity index (χ1v) is 7.70. The van der Waals surface area contributed by atoms with Crippen LogP contribution in [-0.4, -0.2) is 27.9 Å². The summed E-state index contributed by atoms with van der Waals surface area (Å²) in [5.41, 5.74) is 0. The maximum absolute atomic E-state index is 4.38. The average Bonchev–Trinajstić information content (AvgIpc) is 2.77. The Kier molecular flexibility index (Phi) is 5.37. The third kappa shape index (κ3) is 4.30. The molecule has 1 N–H and O–H groups in total. The summed E-state index contributed by atoms with van der Waals surface area (Å²) in [6.45, 7) is 6.84. The van der Waals surface area contributed by atoms with Crippen molar-refractivity contribution in [3.8, 4) is 0 Å².